The molecule has 36 heavy (non-hydrogen) atoms. The Balaban J connectivity index is 1.63. The molecule has 0 saturated carbocycles. The van der Waals surface area contributed by atoms with Crippen LogP contribution in [0.4, 0.5) is 41.2 Å². The summed E-state index contributed by atoms with van der Waals surface area (Å²) >= 11 is 0. The number of nitrogens with one attached hydrogen (secondary N) is 1. The van der Waals surface area contributed by atoms with Crippen LogP contribution in [-0.2, 0) is 25.4 Å². The van der Waals surface area contributed by atoms with E-state index in [1.165, 1.54) is 12.1 Å². The fourth-order valence-electron chi connectivity index (χ4n) is 3.50. The number of benzene rings is 3. The number of urea groups is 1. The number of anilines is 1. The summed E-state index contributed by atoms with van der Waals surface area (Å²) in [6.45, 7) is -0.202. The predicted molar refractivity (Wildman–Crippen MR) is 114 cm³/mol. The summed E-state index contributed by atoms with van der Waals surface area (Å²) in [7, 11) is 0. The van der Waals surface area contributed by atoms with Crippen LogP contribution in [0.15, 0.2) is 60.7 Å². The van der Waals surface area contributed by atoms with Gasteiger partial charge in [0.1, 0.15) is 5.82 Å². The van der Waals surface area contributed by atoms with Gasteiger partial charge in [-0.1, -0.05) is 18.2 Å². The molecule has 1 aliphatic heterocycles. The molecule has 0 atom stereocenters. The second kappa shape index (κ2) is 9.59. The standard InChI is InChI=1S/C24H17F7N2O3/c25-18-4-1-14(2-5-18)11-33(12-15-3-6-20-21(7-15)36-13-35-20)22(34)32-19-9-16(23(26,27)28)8-17(10-19)24(29,30)31/h1-10H,11-13H2,(H,32,34). The van der Waals surface area contributed by atoms with Crippen LogP contribution >= 0.6 is 0 Å². The topological polar surface area (TPSA) is 50.8 Å². The molecule has 0 aliphatic carbocycles. The second-order valence-corrected chi connectivity index (χ2v) is 7.89. The molecular formula is C24H17F7N2O3. The van der Waals surface area contributed by atoms with Crippen molar-refractivity contribution in [2.75, 3.05) is 12.1 Å². The zero-order valence-electron chi connectivity index (χ0n) is 18.2. The van der Waals surface area contributed by atoms with Crippen molar-refractivity contribution < 1.29 is 45.0 Å². The molecule has 190 valence electrons. The largest absolute Gasteiger partial charge is 0.454 e. The van der Waals surface area contributed by atoms with Gasteiger partial charge in [0.25, 0.3) is 0 Å². The fraction of sp³-hybridized carbons (Fsp3) is 0.208. The molecule has 5 nitrogen and oxygen atoms in total. The van der Waals surface area contributed by atoms with E-state index in [1.807, 2.05) is 0 Å². The van der Waals surface area contributed by atoms with Crippen LogP contribution in [0, 0.1) is 5.82 Å². The monoisotopic (exact) mass is 514 g/mol. The number of rotatable bonds is 5. The maximum absolute atomic E-state index is 13.3. The Labute approximate surface area is 200 Å². The smallest absolute Gasteiger partial charge is 0.416 e. The molecule has 0 bridgehead atoms. The fourth-order valence-corrected chi connectivity index (χ4v) is 3.50. The summed E-state index contributed by atoms with van der Waals surface area (Å²) in [5, 5.41) is 2.13. The van der Waals surface area contributed by atoms with Crippen LogP contribution in [0.2, 0.25) is 0 Å². The first-order valence-corrected chi connectivity index (χ1v) is 10.4. The van der Waals surface area contributed by atoms with Crippen molar-refractivity contribution in [3.63, 3.8) is 0 Å². The average Bonchev–Trinajstić information content (AvgIpc) is 3.26. The SMILES string of the molecule is O=C(Nc1cc(C(F)(F)F)cc(C(F)(F)F)c1)N(Cc1ccc(F)cc1)Cc1ccc2c(c1)OCO2. The summed E-state index contributed by atoms with van der Waals surface area (Å²) in [5.41, 5.74) is -2.78. The lowest BCUT2D eigenvalue weighted by molar-refractivity contribution is -0.143. The van der Waals surface area contributed by atoms with Crippen molar-refractivity contribution in [3.8, 4) is 11.5 Å². The van der Waals surface area contributed by atoms with Gasteiger partial charge in [-0.05, 0) is 53.6 Å². The van der Waals surface area contributed by atoms with Crippen molar-refractivity contribution in [1.29, 1.82) is 0 Å². The normalized spacial score (nSPS) is 13.0. The van der Waals surface area contributed by atoms with Crippen LogP contribution in [0.5, 0.6) is 11.5 Å². The highest BCUT2D eigenvalue weighted by molar-refractivity contribution is 5.89. The summed E-state index contributed by atoms with van der Waals surface area (Å²) in [6, 6.07) is 9.81. The van der Waals surface area contributed by atoms with Crippen molar-refractivity contribution in [3.05, 3.63) is 88.7 Å². The first kappa shape index (κ1) is 25.1. The molecule has 3 aromatic carbocycles. The number of fused-ring (bicyclic) bond motifs is 1. The van der Waals surface area contributed by atoms with Gasteiger partial charge in [0.15, 0.2) is 11.5 Å². The van der Waals surface area contributed by atoms with Gasteiger partial charge in [-0.15, -0.1) is 0 Å². The lowest BCUT2D eigenvalue weighted by Crippen LogP contribution is -2.34. The van der Waals surface area contributed by atoms with E-state index in [1.54, 1.807) is 18.2 Å². The van der Waals surface area contributed by atoms with E-state index in [9.17, 15) is 35.5 Å². The number of alkyl halides is 6. The summed E-state index contributed by atoms with van der Waals surface area (Å²) in [6.07, 6.45) is -10.1. The van der Waals surface area contributed by atoms with E-state index in [-0.39, 0.29) is 25.9 Å². The number of amides is 2. The number of hydrogen-bond acceptors (Lipinski definition) is 3. The number of carbonyl (C=O) groups is 1. The van der Waals surface area contributed by atoms with Crippen LogP contribution in [0.25, 0.3) is 0 Å². The predicted octanol–water partition coefficient (Wildman–Crippen LogP) is 6.83. The van der Waals surface area contributed by atoms with Gasteiger partial charge in [0, 0.05) is 18.8 Å². The third kappa shape index (κ3) is 5.99. The molecular weight excluding hydrogens is 497 g/mol. The summed E-state index contributed by atoms with van der Waals surface area (Å²) in [4.78, 5) is 14.2. The van der Waals surface area contributed by atoms with E-state index in [0.717, 1.165) is 17.0 Å². The van der Waals surface area contributed by atoms with E-state index in [2.05, 4.69) is 5.32 Å². The first-order chi connectivity index (χ1) is 16.9. The van der Waals surface area contributed by atoms with E-state index in [0.29, 0.717) is 34.8 Å². The highest BCUT2D eigenvalue weighted by Gasteiger charge is 2.37. The van der Waals surface area contributed by atoms with Gasteiger partial charge in [-0.2, -0.15) is 26.3 Å². The van der Waals surface area contributed by atoms with Gasteiger partial charge in [-0.25, -0.2) is 9.18 Å². The molecule has 0 saturated heterocycles. The molecule has 0 unspecified atom stereocenters. The van der Waals surface area contributed by atoms with Crippen molar-refractivity contribution >= 4 is 11.7 Å². The number of nitrogens with zero attached hydrogens (tertiary/aromatic N) is 1. The highest BCUT2D eigenvalue weighted by atomic mass is 19.4. The van der Waals surface area contributed by atoms with Crippen molar-refractivity contribution in [2.45, 2.75) is 25.4 Å². The Morgan fingerprint density at radius 3 is 1.94 bits per heavy atom. The molecule has 2 amide bonds. The van der Waals surface area contributed by atoms with Gasteiger partial charge in [0.05, 0.1) is 11.1 Å². The molecule has 0 spiro atoms. The zero-order valence-corrected chi connectivity index (χ0v) is 18.2. The van der Waals surface area contributed by atoms with E-state index < -0.39 is 41.0 Å². The van der Waals surface area contributed by atoms with Crippen LogP contribution in [0.3, 0.4) is 0 Å². The van der Waals surface area contributed by atoms with Crippen molar-refractivity contribution in [1.82, 2.24) is 4.90 Å². The number of halogens is 7. The Bertz CT molecular complexity index is 1230. The van der Waals surface area contributed by atoms with Gasteiger partial charge in [0.2, 0.25) is 6.79 Å². The Hall–Kier alpha value is -3.96. The molecule has 3 aromatic rings. The van der Waals surface area contributed by atoms with Crippen LogP contribution < -0.4 is 14.8 Å². The third-order valence-electron chi connectivity index (χ3n) is 5.22. The average molecular weight is 514 g/mol. The second-order valence-electron chi connectivity index (χ2n) is 7.89. The maximum atomic E-state index is 13.3. The minimum absolute atomic E-state index is 0.00957. The highest BCUT2D eigenvalue weighted by Crippen LogP contribution is 2.38. The Kier molecular flexibility index (Phi) is 6.70. The Morgan fingerprint density at radius 2 is 1.33 bits per heavy atom. The maximum Gasteiger partial charge on any atom is 0.416 e. The number of ether oxygens (including phenoxy) is 2. The molecule has 1 aliphatic rings. The Morgan fingerprint density at radius 1 is 0.778 bits per heavy atom. The molecule has 0 fully saturated rings. The van der Waals surface area contributed by atoms with Crippen LogP contribution in [-0.4, -0.2) is 17.7 Å². The van der Waals surface area contributed by atoms with E-state index >= 15 is 0 Å². The van der Waals surface area contributed by atoms with Crippen molar-refractivity contribution in [2.24, 2.45) is 0 Å². The van der Waals surface area contributed by atoms with E-state index in [4.69, 9.17) is 9.47 Å². The molecule has 1 N–H and O–H groups in total. The molecule has 4 rings (SSSR count). The summed E-state index contributed by atoms with van der Waals surface area (Å²) in [5.74, 6) is 0.383. The molecule has 1 heterocycles. The van der Waals surface area contributed by atoms with Gasteiger partial charge >= 0.3 is 18.4 Å². The first-order valence-electron chi connectivity index (χ1n) is 10.4. The minimum Gasteiger partial charge on any atom is -0.454 e. The molecule has 0 radical (unpaired) electrons. The quantitative estimate of drug-likeness (QED) is 0.380. The third-order valence-corrected chi connectivity index (χ3v) is 5.22. The number of carbonyl (C=O) groups excluding carboxylic acids is 1. The lowest BCUT2D eigenvalue weighted by Gasteiger charge is -2.24. The summed E-state index contributed by atoms with van der Waals surface area (Å²) < 4.78 is 103. The molecule has 12 heteroatoms. The minimum atomic E-state index is -5.07. The zero-order chi connectivity index (χ0) is 26.1. The molecule has 0 aromatic heterocycles. The lowest BCUT2D eigenvalue weighted by atomic mass is 10.1. The van der Waals surface area contributed by atoms with Gasteiger partial charge in [-0.3, -0.25) is 0 Å². The number of hydrogen-bond donors (Lipinski definition) is 1. The van der Waals surface area contributed by atoms with Crippen LogP contribution in [0.1, 0.15) is 22.3 Å². The van der Waals surface area contributed by atoms with Gasteiger partial charge < -0.3 is 19.7 Å².